The van der Waals surface area contributed by atoms with E-state index in [1.54, 1.807) is 23.6 Å². The molecule has 35 heavy (non-hydrogen) atoms. The van der Waals surface area contributed by atoms with E-state index in [2.05, 4.69) is 20.1 Å². The molecule has 0 aliphatic rings. The Bertz CT molecular complexity index is 885. The Balaban J connectivity index is 2.43. The summed E-state index contributed by atoms with van der Waals surface area (Å²) in [5.41, 5.74) is 2.86. The van der Waals surface area contributed by atoms with Gasteiger partial charge in [0, 0.05) is 37.4 Å². The van der Waals surface area contributed by atoms with Crippen molar-refractivity contribution >= 4 is 11.8 Å². The second kappa shape index (κ2) is 14.9. The minimum Gasteiger partial charge on any atom is -0.381 e. The first-order valence-corrected chi connectivity index (χ1v) is 12.4. The standard InChI is InChI=1S/C30H40N2O3/c1-6-7-20-35-21-14-19-28(31(29(33)24(2)3)22-26-15-10-8-11-16-26)32(30(34)25(4)5)23-27-17-12-9-13-18-27/h8-13,15-18,28H,2,4,6-7,14,19-23H2,1,3,5H3. The number of nitrogens with zero attached hydrogens (tertiary/aromatic N) is 2. The minimum absolute atomic E-state index is 0.168. The van der Waals surface area contributed by atoms with Crippen LogP contribution in [0.1, 0.15) is 57.6 Å². The number of benzene rings is 2. The van der Waals surface area contributed by atoms with Crippen LogP contribution < -0.4 is 0 Å². The van der Waals surface area contributed by atoms with Crippen LogP contribution in [0.2, 0.25) is 0 Å². The first-order chi connectivity index (χ1) is 16.8. The SMILES string of the molecule is C=C(C)C(=O)N(Cc1ccccc1)C(CCCOCCCC)N(Cc1ccccc1)C(=O)C(=C)C. The summed E-state index contributed by atoms with van der Waals surface area (Å²) in [6, 6.07) is 19.7. The van der Waals surface area contributed by atoms with Crippen LogP contribution in [0.5, 0.6) is 0 Å². The maximum atomic E-state index is 13.4. The third-order valence-electron chi connectivity index (χ3n) is 5.76. The molecule has 188 valence electrons. The summed E-state index contributed by atoms with van der Waals surface area (Å²) in [4.78, 5) is 30.4. The Hall–Kier alpha value is -3.18. The van der Waals surface area contributed by atoms with Gasteiger partial charge in [-0.1, -0.05) is 87.2 Å². The van der Waals surface area contributed by atoms with Gasteiger partial charge in [0.2, 0.25) is 0 Å². The van der Waals surface area contributed by atoms with Gasteiger partial charge in [-0.2, -0.15) is 0 Å². The number of carbonyl (C=O) groups excluding carboxylic acids is 2. The number of carbonyl (C=O) groups is 2. The Kier molecular flexibility index (Phi) is 12.0. The normalized spacial score (nSPS) is 10.7. The molecule has 2 aromatic rings. The van der Waals surface area contributed by atoms with E-state index >= 15 is 0 Å². The van der Waals surface area contributed by atoms with Gasteiger partial charge < -0.3 is 14.5 Å². The van der Waals surface area contributed by atoms with E-state index in [1.165, 1.54) is 0 Å². The van der Waals surface area contributed by atoms with E-state index in [-0.39, 0.29) is 11.8 Å². The fourth-order valence-electron chi connectivity index (χ4n) is 3.87. The molecule has 0 aromatic heterocycles. The second-order valence-electron chi connectivity index (χ2n) is 8.99. The molecule has 0 unspecified atom stereocenters. The maximum absolute atomic E-state index is 13.4. The molecule has 0 aliphatic heterocycles. The maximum Gasteiger partial charge on any atom is 0.250 e. The van der Waals surface area contributed by atoms with E-state index < -0.39 is 6.17 Å². The van der Waals surface area contributed by atoms with Crippen molar-refractivity contribution in [2.75, 3.05) is 13.2 Å². The number of hydrogen-bond donors (Lipinski definition) is 0. The minimum atomic E-state index is -0.474. The number of unbranched alkanes of at least 4 members (excludes halogenated alkanes) is 1. The molecular formula is C30H40N2O3. The van der Waals surface area contributed by atoms with Gasteiger partial charge in [-0.05, 0) is 44.2 Å². The van der Waals surface area contributed by atoms with Crippen molar-refractivity contribution in [1.29, 1.82) is 0 Å². The summed E-state index contributed by atoms with van der Waals surface area (Å²) in [6.45, 7) is 15.5. The fourth-order valence-corrected chi connectivity index (χ4v) is 3.87. The van der Waals surface area contributed by atoms with Gasteiger partial charge in [-0.25, -0.2) is 0 Å². The van der Waals surface area contributed by atoms with Crippen LogP contribution in [0, 0.1) is 0 Å². The smallest absolute Gasteiger partial charge is 0.250 e. The molecule has 0 atom stereocenters. The lowest BCUT2D eigenvalue weighted by molar-refractivity contribution is -0.144. The lowest BCUT2D eigenvalue weighted by atomic mass is 10.1. The van der Waals surface area contributed by atoms with Crippen LogP contribution >= 0.6 is 0 Å². The summed E-state index contributed by atoms with van der Waals surface area (Å²) < 4.78 is 5.79. The van der Waals surface area contributed by atoms with Gasteiger partial charge in [0.1, 0.15) is 6.17 Å². The van der Waals surface area contributed by atoms with Crippen molar-refractivity contribution < 1.29 is 14.3 Å². The summed E-state index contributed by atoms with van der Waals surface area (Å²) in [5.74, 6) is -0.336. The quantitative estimate of drug-likeness (QED) is 0.177. The van der Waals surface area contributed by atoms with Crippen molar-refractivity contribution in [3.05, 3.63) is 96.1 Å². The van der Waals surface area contributed by atoms with Crippen LogP contribution in [-0.4, -0.2) is 41.0 Å². The molecule has 2 amide bonds. The summed E-state index contributed by atoms with van der Waals surface area (Å²) in [6.07, 6.45) is 2.94. The number of hydrogen-bond acceptors (Lipinski definition) is 3. The first-order valence-electron chi connectivity index (χ1n) is 12.4. The highest BCUT2D eigenvalue weighted by Gasteiger charge is 2.32. The Morgan fingerprint density at radius 3 is 1.60 bits per heavy atom. The highest BCUT2D eigenvalue weighted by Crippen LogP contribution is 2.23. The van der Waals surface area contributed by atoms with Crippen LogP contribution in [-0.2, 0) is 27.4 Å². The lowest BCUT2D eigenvalue weighted by Crippen LogP contribution is -2.53. The van der Waals surface area contributed by atoms with E-state index in [1.807, 2.05) is 60.7 Å². The van der Waals surface area contributed by atoms with E-state index in [0.29, 0.717) is 37.3 Å². The van der Waals surface area contributed by atoms with Crippen LogP contribution in [0.3, 0.4) is 0 Å². The third kappa shape index (κ3) is 9.18. The molecule has 0 radical (unpaired) electrons. The van der Waals surface area contributed by atoms with Gasteiger partial charge in [0.05, 0.1) is 0 Å². The number of ether oxygens (including phenoxy) is 1. The lowest BCUT2D eigenvalue weighted by Gasteiger charge is -2.40. The molecular weight excluding hydrogens is 436 g/mol. The van der Waals surface area contributed by atoms with Gasteiger partial charge in [0.25, 0.3) is 11.8 Å². The van der Waals surface area contributed by atoms with Gasteiger partial charge in [0.15, 0.2) is 0 Å². The largest absolute Gasteiger partial charge is 0.381 e. The average molecular weight is 477 g/mol. The van der Waals surface area contributed by atoms with E-state index in [9.17, 15) is 9.59 Å². The molecule has 0 spiro atoms. The molecule has 0 N–H and O–H groups in total. The summed E-state index contributed by atoms with van der Waals surface area (Å²) in [5, 5.41) is 0. The highest BCUT2D eigenvalue weighted by atomic mass is 16.5. The molecule has 0 fully saturated rings. The molecule has 0 saturated carbocycles. The molecule has 0 heterocycles. The highest BCUT2D eigenvalue weighted by molar-refractivity contribution is 5.94. The number of rotatable bonds is 15. The second-order valence-corrected chi connectivity index (χ2v) is 8.99. The molecule has 2 rings (SSSR count). The molecule has 5 heteroatoms. The van der Waals surface area contributed by atoms with Crippen molar-refractivity contribution in [2.45, 2.75) is 65.7 Å². The Morgan fingerprint density at radius 1 is 0.771 bits per heavy atom. The van der Waals surface area contributed by atoms with E-state index in [0.717, 1.165) is 37.0 Å². The van der Waals surface area contributed by atoms with Crippen LogP contribution in [0.15, 0.2) is 85.0 Å². The monoisotopic (exact) mass is 476 g/mol. The van der Waals surface area contributed by atoms with Gasteiger partial charge in [-0.3, -0.25) is 9.59 Å². The zero-order valence-electron chi connectivity index (χ0n) is 21.5. The predicted molar refractivity (Wildman–Crippen MR) is 142 cm³/mol. The third-order valence-corrected chi connectivity index (χ3v) is 5.76. The first kappa shape index (κ1) is 28.1. The van der Waals surface area contributed by atoms with Crippen molar-refractivity contribution in [2.24, 2.45) is 0 Å². The zero-order valence-corrected chi connectivity index (χ0v) is 21.5. The van der Waals surface area contributed by atoms with Crippen molar-refractivity contribution in [3.63, 3.8) is 0 Å². The zero-order chi connectivity index (χ0) is 25.6. The molecule has 0 bridgehead atoms. The van der Waals surface area contributed by atoms with Crippen molar-refractivity contribution in [3.8, 4) is 0 Å². The van der Waals surface area contributed by atoms with E-state index in [4.69, 9.17) is 4.74 Å². The molecule has 5 nitrogen and oxygen atoms in total. The molecule has 0 aliphatic carbocycles. The Morgan fingerprint density at radius 2 is 1.20 bits per heavy atom. The number of amides is 2. The Labute approximate surface area is 211 Å². The van der Waals surface area contributed by atoms with Crippen molar-refractivity contribution in [1.82, 2.24) is 9.80 Å². The summed E-state index contributed by atoms with van der Waals surface area (Å²) >= 11 is 0. The molecule has 2 aromatic carbocycles. The van der Waals surface area contributed by atoms with Gasteiger partial charge >= 0.3 is 0 Å². The van der Waals surface area contributed by atoms with Crippen LogP contribution in [0.4, 0.5) is 0 Å². The average Bonchev–Trinajstić information content (AvgIpc) is 2.86. The topological polar surface area (TPSA) is 49.9 Å². The van der Waals surface area contributed by atoms with Crippen LogP contribution in [0.25, 0.3) is 0 Å². The summed E-state index contributed by atoms with van der Waals surface area (Å²) in [7, 11) is 0. The predicted octanol–water partition coefficient (Wildman–Crippen LogP) is 6.12. The van der Waals surface area contributed by atoms with Gasteiger partial charge in [-0.15, -0.1) is 0 Å². The molecule has 0 saturated heterocycles. The fraction of sp³-hybridized carbons (Fsp3) is 0.400.